The summed E-state index contributed by atoms with van der Waals surface area (Å²) in [5, 5.41) is 0. The summed E-state index contributed by atoms with van der Waals surface area (Å²) < 4.78 is 0. The normalized spacial score (nSPS) is 44.9. The molecule has 5 nitrogen and oxygen atoms in total. The number of Topliss-reactive ketones (excluding diaryl/α,β-unsaturated/α-hetero) is 1. The Kier molecular flexibility index (Phi) is 5.43. The number of hydroxylamine groups is 1. The quantitative estimate of drug-likeness (QED) is 0.414. The van der Waals surface area contributed by atoms with Gasteiger partial charge in [-0.1, -0.05) is 19.9 Å². The van der Waals surface area contributed by atoms with Gasteiger partial charge in [-0.2, -0.15) is 0 Å². The molecule has 3 fully saturated rings. The topological polar surface area (TPSA) is 81.4 Å². The monoisotopic (exact) mass is 388 g/mol. The summed E-state index contributed by atoms with van der Waals surface area (Å²) in [6.45, 7) is 5.87. The van der Waals surface area contributed by atoms with Gasteiger partial charge in [0.05, 0.1) is 6.61 Å². The van der Waals surface area contributed by atoms with Gasteiger partial charge in [0.25, 0.3) is 0 Å². The molecule has 0 amide bonds. The summed E-state index contributed by atoms with van der Waals surface area (Å²) in [5.74, 6) is 2.24. The standard InChI is InChI=1S/C23H36N2O3/c1-22-8-6-17(25-28-11-3-10-24)13-16(22)12-15(14-26)21-18-4-5-20(27)23(18,2)9-7-19(21)22/h13-16,18-19,21,25H,3-12,24H2,1-2H3/t15?,16?,18-,19-,21-,22-,23-/m0/s1. The SMILES string of the molecule is C[C@]12CCC(NOCCCN)=CC1CC(C=O)[C@@H]1[C@@H]2CC[C@]2(C)C(=O)CC[C@@H]12. The van der Waals surface area contributed by atoms with Crippen LogP contribution in [0.5, 0.6) is 0 Å². The van der Waals surface area contributed by atoms with Crippen LogP contribution in [-0.2, 0) is 14.4 Å². The predicted molar refractivity (Wildman–Crippen MR) is 108 cm³/mol. The van der Waals surface area contributed by atoms with E-state index in [4.69, 9.17) is 10.6 Å². The molecule has 0 aromatic rings. The zero-order valence-corrected chi connectivity index (χ0v) is 17.4. The number of nitrogens with two attached hydrogens (primary N) is 1. The molecule has 4 aliphatic carbocycles. The summed E-state index contributed by atoms with van der Waals surface area (Å²) in [6, 6.07) is 0. The molecule has 4 aliphatic rings. The Morgan fingerprint density at radius 1 is 1.25 bits per heavy atom. The Morgan fingerprint density at radius 2 is 2.07 bits per heavy atom. The van der Waals surface area contributed by atoms with Gasteiger partial charge >= 0.3 is 0 Å². The average molecular weight is 389 g/mol. The van der Waals surface area contributed by atoms with Crippen LogP contribution >= 0.6 is 0 Å². The van der Waals surface area contributed by atoms with Crippen LogP contribution in [0.25, 0.3) is 0 Å². The molecule has 0 spiro atoms. The van der Waals surface area contributed by atoms with Crippen LogP contribution in [0.1, 0.15) is 65.2 Å². The zero-order chi connectivity index (χ0) is 19.9. The minimum absolute atomic E-state index is 0.0763. The second-order valence-corrected chi connectivity index (χ2v) is 10.1. The molecule has 3 N–H and O–H groups in total. The molecular formula is C23H36N2O3. The van der Waals surface area contributed by atoms with Gasteiger partial charge in [0.1, 0.15) is 12.1 Å². The molecule has 28 heavy (non-hydrogen) atoms. The van der Waals surface area contributed by atoms with Crippen LogP contribution in [0.15, 0.2) is 11.8 Å². The molecule has 7 atom stereocenters. The first-order valence-corrected chi connectivity index (χ1v) is 11.2. The van der Waals surface area contributed by atoms with Crippen molar-refractivity contribution in [1.29, 1.82) is 0 Å². The van der Waals surface area contributed by atoms with E-state index in [2.05, 4.69) is 25.4 Å². The van der Waals surface area contributed by atoms with E-state index in [1.54, 1.807) is 0 Å². The van der Waals surface area contributed by atoms with E-state index in [9.17, 15) is 9.59 Å². The molecule has 5 heteroatoms. The molecule has 0 aromatic carbocycles. The molecule has 0 radical (unpaired) electrons. The first kappa shape index (κ1) is 20.1. The van der Waals surface area contributed by atoms with Gasteiger partial charge in [-0.25, -0.2) is 0 Å². The number of nitrogens with one attached hydrogen (secondary N) is 1. The zero-order valence-electron chi connectivity index (χ0n) is 17.4. The largest absolute Gasteiger partial charge is 0.330 e. The highest BCUT2D eigenvalue weighted by atomic mass is 16.6. The Morgan fingerprint density at radius 3 is 2.82 bits per heavy atom. The number of ketones is 1. The van der Waals surface area contributed by atoms with E-state index in [0.29, 0.717) is 49.0 Å². The van der Waals surface area contributed by atoms with Crippen molar-refractivity contribution in [2.45, 2.75) is 65.2 Å². The van der Waals surface area contributed by atoms with Crippen LogP contribution in [-0.4, -0.2) is 25.2 Å². The van der Waals surface area contributed by atoms with Gasteiger partial charge in [-0.05, 0) is 80.6 Å². The van der Waals surface area contributed by atoms with Crippen LogP contribution in [0.4, 0.5) is 0 Å². The summed E-state index contributed by atoms with van der Waals surface area (Å²) in [7, 11) is 0. The van der Waals surface area contributed by atoms with E-state index in [1.807, 2.05) is 0 Å². The Hall–Kier alpha value is -1.20. The van der Waals surface area contributed by atoms with E-state index in [0.717, 1.165) is 50.6 Å². The maximum absolute atomic E-state index is 12.6. The molecule has 0 saturated heterocycles. The molecule has 4 rings (SSSR count). The van der Waals surface area contributed by atoms with E-state index >= 15 is 0 Å². The number of fused-ring (bicyclic) bond motifs is 5. The van der Waals surface area contributed by atoms with Crippen molar-refractivity contribution in [2.75, 3.05) is 13.2 Å². The van der Waals surface area contributed by atoms with E-state index in [-0.39, 0.29) is 16.7 Å². The van der Waals surface area contributed by atoms with Gasteiger partial charge in [0, 0.05) is 23.5 Å². The van der Waals surface area contributed by atoms with Gasteiger partial charge in [-0.3, -0.25) is 15.1 Å². The van der Waals surface area contributed by atoms with Crippen molar-refractivity contribution in [2.24, 2.45) is 46.2 Å². The van der Waals surface area contributed by atoms with Crippen LogP contribution in [0.3, 0.4) is 0 Å². The minimum Gasteiger partial charge on any atom is -0.330 e. The molecule has 156 valence electrons. The van der Waals surface area contributed by atoms with Gasteiger partial charge in [0.2, 0.25) is 0 Å². The van der Waals surface area contributed by atoms with Crippen molar-refractivity contribution in [3.63, 3.8) is 0 Å². The highest BCUT2D eigenvalue weighted by molar-refractivity contribution is 5.87. The number of rotatable bonds is 6. The first-order chi connectivity index (χ1) is 13.4. The van der Waals surface area contributed by atoms with Crippen molar-refractivity contribution >= 4 is 12.1 Å². The lowest BCUT2D eigenvalue weighted by Crippen LogP contribution is -2.56. The number of hydrogen-bond donors (Lipinski definition) is 2. The van der Waals surface area contributed by atoms with Crippen molar-refractivity contribution in [1.82, 2.24) is 5.48 Å². The minimum atomic E-state index is -0.181. The number of aldehydes is 1. The molecule has 0 heterocycles. The lowest BCUT2D eigenvalue weighted by molar-refractivity contribution is -0.146. The highest BCUT2D eigenvalue weighted by Crippen LogP contribution is 2.66. The fourth-order valence-electron chi connectivity index (χ4n) is 7.22. The number of allylic oxidation sites excluding steroid dienone is 2. The highest BCUT2D eigenvalue weighted by Gasteiger charge is 2.62. The smallest absolute Gasteiger partial charge is 0.139 e. The molecule has 0 bridgehead atoms. The Bertz CT molecular complexity index is 662. The second-order valence-electron chi connectivity index (χ2n) is 10.1. The van der Waals surface area contributed by atoms with Crippen LogP contribution < -0.4 is 11.2 Å². The van der Waals surface area contributed by atoms with Crippen LogP contribution in [0.2, 0.25) is 0 Å². The van der Waals surface area contributed by atoms with Crippen molar-refractivity contribution < 1.29 is 14.4 Å². The lowest BCUT2D eigenvalue weighted by Gasteiger charge is -2.60. The lowest BCUT2D eigenvalue weighted by atomic mass is 9.44. The fraction of sp³-hybridized carbons (Fsp3) is 0.826. The summed E-state index contributed by atoms with van der Waals surface area (Å²) >= 11 is 0. The van der Waals surface area contributed by atoms with Crippen molar-refractivity contribution in [3.05, 3.63) is 11.8 Å². The fourth-order valence-corrected chi connectivity index (χ4v) is 7.22. The number of carbonyl (C=O) groups is 2. The van der Waals surface area contributed by atoms with Crippen molar-refractivity contribution in [3.8, 4) is 0 Å². The second kappa shape index (κ2) is 7.56. The van der Waals surface area contributed by atoms with Gasteiger partial charge in [0.15, 0.2) is 0 Å². The van der Waals surface area contributed by atoms with E-state index in [1.165, 1.54) is 6.29 Å². The third-order valence-electron chi connectivity index (χ3n) is 8.92. The maximum Gasteiger partial charge on any atom is 0.139 e. The Balaban J connectivity index is 1.56. The van der Waals surface area contributed by atoms with Gasteiger partial charge in [-0.15, -0.1) is 0 Å². The molecule has 0 aliphatic heterocycles. The summed E-state index contributed by atoms with van der Waals surface area (Å²) in [6.07, 6.45) is 11.2. The third kappa shape index (κ3) is 3.06. The summed E-state index contributed by atoms with van der Waals surface area (Å²) in [5.41, 5.74) is 9.85. The van der Waals surface area contributed by atoms with E-state index < -0.39 is 0 Å². The average Bonchev–Trinajstić information content (AvgIpc) is 2.99. The molecule has 0 aromatic heterocycles. The number of carbonyl (C=O) groups excluding carboxylic acids is 2. The first-order valence-electron chi connectivity index (χ1n) is 11.2. The predicted octanol–water partition coefficient (Wildman–Crippen LogP) is 3.39. The number of hydrogen-bond acceptors (Lipinski definition) is 5. The van der Waals surface area contributed by atoms with Crippen LogP contribution in [0, 0.1) is 40.4 Å². The summed E-state index contributed by atoms with van der Waals surface area (Å²) in [4.78, 5) is 30.3. The maximum atomic E-state index is 12.6. The molecule has 2 unspecified atom stereocenters. The van der Waals surface area contributed by atoms with Gasteiger partial charge < -0.3 is 10.5 Å². The third-order valence-corrected chi connectivity index (χ3v) is 8.92. The Labute approximate surface area is 168 Å². The molecular weight excluding hydrogens is 352 g/mol. The molecule has 3 saturated carbocycles.